The van der Waals surface area contributed by atoms with Gasteiger partial charge in [-0.05, 0) is 66.4 Å². The highest BCUT2D eigenvalue weighted by Gasteiger charge is 1.99. The van der Waals surface area contributed by atoms with Crippen LogP contribution >= 0.6 is 0 Å². The van der Waals surface area contributed by atoms with Crippen LogP contribution in [0.3, 0.4) is 0 Å². The molecule has 25 heavy (non-hydrogen) atoms. The fourth-order valence-electron chi connectivity index (χ4n) is 2.62. The minimum atomic E-state index is 0.854. The predicted octanol–water partition coefficient (Wildman–Crippen LogP) is 6.76. The van der Waals surface area contributed by atoms with Crippen LogP contribution in [0.25, 0.3) is 11.1 Å². The summed E-state index contributed by atoms with van der Waals surface area (Å²) in [7, 11) is 0. The summed E-state index contributed by atoms with van der Waals surface area (Å²) in [6.45, 7) is 5.17. The van der Waals surface area contributed by atoms with Crippen LogP contribution in [-0.2, 0) is 6.42 Å². The maximum Gasteiger partial charge on any atom is 0.0857 e. The maximum atomic E-state index is 4.32. The summed E-state index contributed by atoms with van der Waals surface area (Å²) in [4.78, 5) is 0. The average Bonchev–Trinajstić information content (AvgIpc) is 2.68. The van der Waals surface area contributed by atoms with Gasteiger partial charge in [0.2, 0.25) is 0 Å². The van der Waals surface area contributed by atoms with E-state index in [9.17, 15) is 0 Å². The van der Waals surface area contributed by atoms with E-state index >= 15 is 0 Å². The fraction of sp³-hybridized carbons (Fsp3) is 0.182. The molecule has 3 heteroatoms. The summed E-state index contributed by atoms with van der Waals surface area (Å²) in [5.74, 6) is 0. The van der Waals surface area contributed by atoms with E-state index in [4.69, 9.17) is 0 Å². The first-order valence-electron chi connectivity index (χ1n) is 8.73. The second-order valence-electron chi connectivity index (χ2n) is 5.87. The molecule has 0 bridgehead atoms. The molecule has 0 aromatic heterocycles. The van der Waals surface area contributed by atoms with Crippen molar-refractivity contribution < 1.29 is 0 Å². The molecule has 0 heterocycles. The Balaban J connectivity index is 1.69. The summed E-state index contributed by atoms with van der Waals surface area (Å²) < 4.78 is 0. The van der Waals surface area contributed by atoms with Crippen molar-refractivity contribution in [2.24, 2.45) is 10.2 Å². The van der Waals surface area contributed by atoms with E-state index in [0.29, 0.717) is 0 Å². The second kappa shape index (κ2) is 8.25. The molecule has 0 fully saturated rings. The third kappa shape index (κ3) is 4.54. The molecule has 0 unspecified atom stereocenters. The molecule has 0 saturated carbocycles. The minimum Gasteiger partial charge on any atom is -0.385 e. The number of hydrogen-bond donors (Lipinski definition) is 1. The Morgan fingerprint density at radius 1 is 0.640 bits per heavy atom. The monoisotopic (exact) mass is 329 g/mol. The second-order valence-corrected chi connectivity index (χ2v) is 5.87. The molecule has 0 spiro atoms. The highest BCUT2D eigenvalue weighted by molar-refractivity contribution is 5.67. The Morgan fingerprint density at radius 2 is 1.12 bits per heavy atom. The summed E-state index contributed by atoms with van der Waals surface area (Å²) in [5, 5.41) is 11.9. The SMILES string of the molecule is CCNc1ccc(-c2ccc(N=Nc3ccc(CC)cc3)cc2)cc1. The van der Waals surface area contributed by atoms with Crippen LogP contribution in [0.15, 0.2) is 83.0 Å². The highest BCUT2D eigenvalue weighted by atomic mass is 15.1. The van der Waals surface area contributed by atoms with Crippen molar-refractivity contribution in [3.8, 4) is 11.1 Å². The van der Waals surface area contributed by atoms with Gasteiger partial charge in [-0.1, -0.05) is 43.3 Å². The molecule has 126 valence electrons. The number of nitrogens with zero attached hydrogens (tertiary/aromatic N) is 2. The standard InChI is InChI=1S/C22H23N3/c1-3-17-5-11-21(12-6-17)24-25-22-15-9-19(10-16-22)18-7-13-20(14-8-18)23-4-2/h5-16,23H,3-4H2,1-2H3. The van der Waals surface area contributed by atoms with Gasteiger partial charge in [0, 0.05) is 12.2 Å². The number of azo groups is 1. The number of benzene rings is 3. The Hall–Kier alpha value is -2.94. The van der Waals surface area contributed by atoms with Gasteiger partial charge in [-0.2, -0.15) is 10.2 Å². The van der Waals surface area contributed by atoms with E-state index < -0.39 is 0 Å². The Morgan fingerprint density at radius 3 is 1.60 bits per heavy atom. The first-order chi connectivity index (χ1) is 12.3. The van der Waals surface area contributed by atoms with Gasteiger partial charge in [0.1, 0.15) is 0 Å². The normalized spacial score (nSPS) is 11.0. The van der Waals surface area contributed by atoms with Crippen molar-refractivity contribution in [3.63, 3.8) is 0 Å². The van der Waals surface area contributed by atoms with Crippen LogP contribution in [0.2, 0.25) is 0 Å². The topological polar surface area (TPSA) is 36.8 Å². The van der Waals surface area contributed by atoms with Crippen LogP contribution in [0, 0.1) is 0 Å². The molecule has 0 radical (unpaired) electrons. The first kappa shape index (κ1) is 16.9. The molecule has 1 N–H and O–H groups in total. The third-order valence-electron chi connectivity index (χ3n) is 4.09. The van der Waals surface area contributed by atoms with Gasteiger partial charge in [0.05, 0.1) is 11.4 Å². The van der Waals surface area contributed by atoms with Crippen LogP contribution < -0.4 is 5.32 Å². The van der Waals surface area contributed by atoms with Gasteiger partial charge < -0.3 is 5.32 Å². The van der Waals surface area contributed by atoms with E-state index in [1.54, 1.807) is 0 Å². The summed E-state index contributed by atoms with van der Waals surface area (Å²) in [6, 6.07) is 24.8. The maximum absolute atomic E-state index is 4.32. The van der Waals surface area contributed by atoms with E-state index in [1.165, 1.54) is 16.7 Å². The summed E-state index contributed by atoms with van der Waals surface area (Å²) in [5.41, 5.74) is 6.55. The van der Waals surface area contributed by atoms with Crippen molar-refractivity contribution in [3.05, 3.63) is 78.4 Å². The molecule has 0 aliphatic heterocycles. The number of nitrogens with one attached hydrogen (secondary N) is 1. The molecule has 3 rings (SSSR count). The lowest BCUT2D eigenvalue weighted by molar-refractivity contribution is 1.13. The van der Waals surface area contributed by atoms with Crippen LogP contribution in [0.4, 0.5) is 17.1 Å². The lowest BCUT2D eigenvalue weighted by Gasteiger charge is -2.05. The van der Waals surface area contributed by atoms with Gasteiger partial charge in [0.25, 0.3) is 0 Å². The predicted molar refractivity (Wildman–Crippen MR) is 106 cm³/mol. The van der Waals surface area contributed by atoms with Gasteiger partial charge in [-0.15, -0.1) is 0 Å². The number of aryl methyl sites for hydroxylation is 1. The molecule has 0 saturated heterocycles. The van der Waals surface area contributed by atoms with E-state index in [-0.39, 0.29) is 0 Å². The van der Waals surface area contributed by atoms with E-state index in [2.05, 4.69) is 77.9 Å². The highest BCUT2D eigenvalue weighted by Crippen LogP contribution is 2.25. The number of rotatable bonds is 6. The van der Waals surface area contributed by atoms with Gasteiger partial charge in [-0.25, -0.2) is 0 Å². The number of anilines is 1. The average molecular weight is 329 g/mol. The Kier molecular flexibility index (Phi) is 5.57. The zero-order chi connectivity index (χ0) is 17.5. The Bertz CT molecular complexity index is 817. The van der Waals surface area contributed by atoms with Gasteiger partial charge in [0.15, 0.2) is 0 Å². The summed E-state index contributed by atoms with van der Waals surface area (Å²) in [6.07, 6.45) is 1.04. The lowest BCUT2D eigenvalue weighted by atomic mass is 10.1. The molecule has 3 aromatic rings. The van der Waals surface area contributed by atoms with Crippen LogP contribution in [0.1, 0.15) is 19.4 Å². The number of hydrogen-bond acceptors (Lipinski definition) is 3. The first-order valence-corrected chi connectivity index (χ1v) is 8.73. The minimum absolute atomic E-state index is 0.854. The third-order valence-corrected chi connectivity index (χ3v) is 4.09. The summed E-state index contributed by atoms with van der Waals surface area (Å²) >= 11 is 0. The molecule has 0 aliphatic carbocycles. The quantitative estimate of drug-likeness (QED) is 0.498. The largest absolute Gasteiger partial charge is 0.385 e. The van der Waals surface area contributed by atoms with Crippen molar-refractivity contribution in [1.29, 1.82) is 0 Å². The molecule has 3 nitrogen and oxygen atoms in total. The van der Waals surface area contributed by atoms with Crippen LogP contribution in [-0.4, -0.2) is 6.54 Å². The van der Waals surface area contributed by atoms with Crippen LogP contribution in [0.5, 0.6) is 0 Å². The van der Waals surface area contributed by atoms with Crippen molar-refractivity contribution in [2.75, 3.05) is 11.9 Å². The zero-order valence-electron chi connectivity index (χ0n) is 14.7. The lowest BCUT2D eigenvalue weighted by Crippen LogP contribution is -1.95. The van der Waals surface area contributed by atoms with Gasteiger partial charge in [-0.3, -0.25) is 0 Å². The van der Waals surface area contributed by atoms with Crippen molar-refractivity contribution in [1.82, 2.24) is 0 Å². The molecule has 3 aromatic carbocycles. The van der Waals surface area contributed by atoms with Gasteiger partial charge >= 0.3 is 0 Å². The molecule has 0 amide bonds. The zero-order valence-corrected chi connectivity index (χ0v) is 14.7. The Labute approximate surface area is 149 Å². The van der Waals surface area contributed by atoms with Crippen molar-refractivity contribution in [2.45, 2.75) is 20.3 Å². The smallest absolute Gasteiger partial charge is 0.0857 e. The van der Waals surface area contributed by atoms with Crippen molar-refractivity contribution >= 4 is 17.1 Å². The molecular weight excluding hydrogens is 306 g/mol. The fourth-order valence-corrected chi connectivity index (χ4v) is 2.62. The van der Waals surface area contributed by atoms with E-state index in [1.807, 2.05) is 24.3 Å². The molecule has 0 atom stereocenters. The molecular formula is C22H23N3. The molecule has 0 aliphatic rings. The van der Waals surface area contributed by atoms with E-state index in [0.717, 1.165) is 30.0 Å².